The van der Waals surface area contributed by atoms with Gasteiger partial charge in [-0.3, -0.25) is 9.59 Å². The van der Waals surface area contributed by atoms with Gasteiger partial charge < -0.3 is 15.7 Å². The number of aliphatic hydroxyl groups excluding tert-OH is 1. The summed E-state index contributed by atoms with van der Waals surface area (Å²) in [4.78, 5) is 24.3. The normalized spacial score (nSPS) is 23.0. The second kappa shape index (κ2) is 4.15. The molecule has 88 valence electrons. The van der Waals surface area contributed by atoms with Crippen LogP contribution in [0.2, 0.25) is 0 Å². The summed E-state index contributed by atoms with van der Waals surface area (Å²) in [6.07, 6.45) is 5.29. The molecule has 5 heteroatoms. The lowest BCUT2D eigenvalue weighted by Crippen LogP contribution is -2.39. The van der Waals surface area contributed by atoms with Gasteiger partial charge in [0.2, 0.25) is 5.91 Å². The van der Waals surface area contributed by atoms with E-state index in [9.17, 15) is 14.7 Å². The highest BCUT2D eigenvalue weighted by atomic mass is 16.3. The number of rotatable bonds is 2. The van der Waals surface area contributed by atoms with Crippen LogP contribution in [0, 0.1) is 0 Å². The van der Waals surface area contributed by atoms with Gasteiger partial charge in [-0.15, -0.1) is 0 Å². The minimum Gasteiger partial charge on any atom is -0.503 e. The number of carbonyl (C=O) groups excluding carboxylic acids is 2. The van der Waals surface area contributed by atoms with Crippen LogP contribution in [0.4, 0.5) is 0 Å². The standard InChI is InChI=1S/C11H16N2O3/c12-10(15)8-6-13(11(16)9(8)14)7-4-2-1-3-5-7/h7,14H,1-6H2,(H2,12,15). The highest BCUT2D eigenvalue weighted by Gasteiger charge is 2.37. The Hall–Kier alpha value is -1.52. The van der Waals surface area contributed by atoms with Crippen LogP contribution < -0.4 is 5.73 Å². The lowest BCUT2D eigenvalue weighted by molar-refractivity contribution is -0.130. The molecule has 0 atom stereocenters. The molecule has 0 bridgehead atoms. The largest absolute Gasteiger partial charge is 0.503 e. The van der Waals surface area contributed by atoms with Crippen LogP contribution in [0.1, 0.15) is 32.1 Å². The molecule has 0 aromatic rings. The van der Waals surface area contributed by atoms with Gasteiger partial charge in [0.25, 0.3) is 5.91 Å². The van der Waals surface area contributed by atoms with E-state index < -0.39 is 17.6 Å². The zero-order valence-corrected chi connectivity index (χ0v) is 9.11. The maximum Gasteiger partial charge on any atom is 0.289 e. The number of nitrogens with zero attached hydrogens (tertiary/aromatic N) is 1. The van der Waals surface area contributed by atoms with Crippen molar-refractivity contribution in [2.24, 2.45) is 5.73 Å². The average molecular weight is 224 g/mol. The molecule has 16 heavy (non-hydrogen) atoms. The molecule has 1 heterocycles. The van der Waals surface area contributed by atoms with Gasteiger partial charge >= 0.3 is 0 Å². The minimum atomic E-state index is -0.704. The first-order valence-electron chi connectivity index (χ1n) is 5.64. The first kappa shape index (κ1) is 11.0. The van der Waals surface area contributed by atoms with Gasteiger partial charge in [0.15, 0.2) is 5.76 Å². The number of aliphatic hydroxyl groups is 1. The molecule has 0 unspecified atom stereocenters. The van der Waals surface area contributed by atoms with Crippen LogP contribution in [-0.2, 0) is 9.59 Å². The first-order valence-corrected chi connectivity index (χ1v) is 5.64. The summed E-state index contributed by atoms with van der Waals surface area (Å²) < 4.78 is 0. The Balaban J connectivity index is 2.11. The fraction of sp³-hybridized carbons (Fsp3) is 0.636. The molecule has 1 aliphatic heterocycles. The van der Waals surface area contributed by atoms with Crippen LogP contribution in [0.15, 0.2) is 11.3 Å². The predicted octanol–water partition coefficient (Wildman–Crippen LogP) is 0.459. The molecule has 0 radical (unpaired) electrons. The molecule has 0 aromatic heterocycles. The molecule has 1 fully saturated rings. The van der Waals surface area contributed by atoms with E-state index in [2.05, 4.69) is 0 Å². The summed E-state index contributed by atoms with van der Waals surface area (Å²) in [5, 5.41) is 9.52. The number of carbonyl (C=O) groups is 2. The van der Waals surface area contributed by atoms with Crippen molar-refractivity contribution in [1.82, 2.24) is 4.90 Å². The Morgan fingerprint density at radius 3 is 2.44 bits per heavy atom. The minimum absolute atomic E-state index is 0.0515. The molecule has 5 nitrogen and oxygen atoms in total. The molecule has 0 saturated heterocycles. The molecule has 1 aliphatic carbocycles. The molecule has 0 aromatic carbocycles. The van der Waals surface area contributed by atoms with Crippen molar-refractivity contribution >= 4 is 11.8 Å². The maximum atomic E-state index is 11.7. The van der Waals surface area contributed by atoms with Crippen LogP contribution in [0.3, 0.4) is 0 Å². The third kappa shape index (κ3) is 1.77. The zero-order valence-electron chi connectivity index (χ0n) is 9.11. The number of hydrogen-bond donors (Lipinski definition) is 2. The van der Waals surface area contributed by atoms with Gasteiger partial charge in [-0.25, -0.2) is 0 Å². The van der Waals surface area contributed by atoms with Crippen molar-refractivity contribution in [3.63, 3.8) is 0 Å². The lowest BCUT2D eigenvalue weighted by atomic mass is 9.94. The van der Waals surface area contributed by atoms with E-state index in [0.29, 0.717) is 0 Å². The molecule has 2 aliphatic rings. The quantitative estimate of drug-likeness (QED) is 0.714. The number of hydrogen-bond acceptors (Lipinski definition) is 3. The summed E-state index contributed by atoms with van der Waals surface area (Å²) >= 11 is 0. The van der Waals surface area contributed by atoms with Crippen molar-refractivity contribution in [3.05, 3.63) is 11.3 Å². The summed E-state index contributed by atoms with van der Waals surface area (Å²) in [6.45, 7) is 0.171. The Morgan fingerprint density at radius 2 is 1.94 bits per heavy atom. The fourth-order valence-electron chi connectivity index (χ4n) is 2.46. The Kier molecular flexibility index (Phi) is 2.85. The molecular formula is C11H16N2O3. The Morgan fingerprint density at radius 1 is 1.31 bits per heavy atom. The predicted molar refractivity (Wildman–Crippen MR) is 57.4 cm³/mol. The van der Waals surface area contributed by atoms with Gasteiger partial charge in [-0.1, -0.05) is 19.3 Å². The third-order valence-electron chi connectivity index (χ3n) is 3.39. The molecular weight excluding hydrogens is 208 g/mol. The molecule has 3 N–H and O–H groups in total. The van der Waals surface area contributed by atoms with Gasteiger partial charge in [-0.05, 0) is 12.8 Å². The summed E-state index contributed by atoms with van der Waals surface area (Å²) in [7, 11) is 0. The molecule has 0 spiro atoms. The van der Waals surface area contributed by atoms with Gasteiger partial charge in [0, 0.05) is 6.04 Å². The van der Waals surface area contributed by atoms with Crippen molar-refractivity contribution in [1.29, 1.82) is 0 Å². The topological polar surface area (TPSA) is 83.6 Å². The SMILES string of the molecule is NC(=O)C1=C(O)C(=O)N(C2CCCCC2)C1. The number of nitrogens with two attached hydrogens (primary N) is 1. The Labute approximate surface area is 93.9 Å². The van der Waals surface area contributed by atoms with E-state index in [1.54, 1.807) is 4.90 Å². The Bertz CT molecular complexity index is 356. The second-order valence-electron chi connectivity index (χ2n) is 4.42. The van der Waals surface area contributed by atoms with Crippen molar-refractivity contribution in [3.8, 4) is 0 Å². The van der Waals surface area contributed by atoms with Crippen LogP contribution in [0.25, 0.3) is 0 Å². The maximum absolute atomic E-state index is 11.7. The monoisotopic (exact) mass is 224 g/mol. The highest BCUT2D eigenvalue weighted by Crippen LogP contribution is 2.27. The van der Waals surface area contributed by atoms with E-state index in [1.807, 2.05) is 0 Å². The zero-order chi connectivity index (χ0) is 11.7. The second-order valence-corrected chi connectivity index (χ2v) is 4.42. The van der Waals surface area contributed by atoms with E-state index in [-0.39, 0.29) is 18.2 Å². The number of amides is 2. The van der Waals surface area contributed by atoms with Crippen molar-refractivity contribution in [2.45, 2.75) is 38.1 Å². The van der Waals surface area contributed by atoms with Gasteiger partial charge in [0.1, 0.15) is 0 Å². The van der Waals surface area contributed by atoms with Gasteiger partial charge in [0.05, 0.1) is 12.1 Å². The third-order valence-corrected chi connectivity index (χ3v) is 3.39. The summed E-state index contributed by atoms with van der Waals surface area (Å²) in [6, 6.07) is 0.153. The average Bonchev–Trinajstić information content (AvgIpc) is 2.58. The molecule has 2 rings (SSSR count). The van der Waals surface area contributed by atoms with Crippen LogP contribution in [0.5, 0.6) is 0 Å². The molecule has 1 saturated carbocycles. The summed E-state index contributed by atoms with van der Waals surface area (Å²) in [5.41, 5.74) is 5.16. The van der Waals surface area contributed by atoms with E-state index >= 15 is 0 Å². The van der Waals surface area contributed by atoms with Crippen molar-refractivity contribution in [2.75, 3.05) is 6.54 Å². The van der Waals surface area contributed by atoms with E-state index in [4.69, 9.17) is 5.73 Å². The fourth-order valence-corrected chi connectivity index (χ4v) is 2.46. The van der Waals surface area contributed by atoms with Crippen molar-refractivity contribution < 1.29 is 14.7 Å². The number of primary amides is 1. The van der Waals surface area contributed by atoms with Gasteiger partial charge in [-0.2, -0.15) is 0 Å². The van der Waals surface area contributed by atoms with E-state index in [0.717, 1.165) is 25.7 Å². The first-order chi connectivity index (χ1) is 7.61. The highest BCUT2D eigenvalue weighted by molar-refractivity contribution is 6.06. The van der Waals surface area contributed by atoms with Crippen LogP contribution >= 0.6 is 0 Å². The lowest BCUT2D eigenvalue weighted by Gasteiger charge is -2.30. The smallest absolute Gasteiger partial charge is 0.289 e. The molecule has 2 amide bonds. The van der Waals surface area contributed by atoms with E-state index in [1.165, 1.54) is 6.42 Å². The van der Waals surface area contributed by atoms with Crippen LogP contribution in [-0.4, -0.2) is 34.4 Å². The summed E-state index contributed by atoms with van der Waals surface area (Å²) in [5.74, 6) is -1.61.